The van der Waals surface area contributed by atoms with Crippen molar-refractivity contribution in [2.24, 2.45) is 5.73 Å². The van der Waals surface area contributed by atoms with Gasteiger partial charge in [0.05, 0.1) is 13.7 Å². The lowest BCUT2D eigenvalue weighted by molar-refractivity contribution is 0.208. The molecule has 0 saturated carbocycles. The first-order valence-corrected chi connectivity index (χ1v) is 6.88. The highest BCUT2D eigenvalue weighted by Crippen LogP contribution is 2.22. The summed E-state index contributed by atoms with van der Waals surface area (Å²) in [6, 6.07) is 6.27. The molecular formula is C15H20N4O. The lowest BCUT2D eigenvalue weighted by Crippen LogP contribution is -2.33. The fraction of sp³-hybridized carbons (Fsp3) is 0.400. The van der Waals surface area contributed by atoms with Crippen LogP contribution in [0.15, 0.2) is 30.6 Å². The smallest absolute Gasteiger partial charge is 0.123 e. The molecule has 0 fully saturated rings. The number of hydrogen-bond acceptors (Lipinski definition) is 4. The summed E-state index contributed by atoms with van der Waals surface area (Å²) >= 11 is 0. The van der Waals surface area contributed by atoms with E-state index in [4.69, 9.17) is 10.5 Å². The Labute approximate surface area is 119 Å². The predicted molar refractivity (Wildman–Crippen MR) is 77.2 cm³/mol. The molecule has 0 bridgehead atoms. The third-order valence-electron chi connectivity index (χ3n) is 3.80. The number of nitrogens with two attached hydrogens (primary N) is 1. The quantitative estimate of drug-likeness (QED) is 0.913. The number of aromatic nitrogens is 2. The van der Waals surface area contributed by atoms with Gasteiger partial charge in [-0.05, 0) is 11.6 Å². The third-order valence-corrected chi connectivity index (χ3v) is 3.80. The SMILES string of the molecule is COc1cc(CN2CCn3ccnc3C2)ccc1CN. The maximum atomic E-state index is 5.70. The van der Waals surface area contributed by atoms with Crippen LogP contribution < -0.4 is 10.5 Å². The Morgan fingerprint density at radius 2 is 2.25 bits per heavy atom. The van der Waals surface area contributed by atoms with Crippen molar-refractivity contribution in [1.29, 1.82) is 0 Å². The van der Waals surface area contributed by atoms with Gasteiger partial charge in [0, 0.05) is 44.1 Å². The Hall–Kier alpha value is -1.85. The van der Waals surface area contributed by atoms with E-state index in [1.165, 1.54) is 5.56 Å². The average molecular weight is 272 g/mol. The molecule has 0 radical (unpaired) electrons. The van der Waals surface area contributed by atoms with Crippen LogP contribution in [0.1, 0.15) is 17.0 Å². The Bertz CT molecular complexity index is 593. The van der Waals surface area contributed by atoms with E-state index in [1.54, 1.807) is 7.11 Å². The van der Waals surface area contributed by atoms with Gasteiger partial charge in [-0.15, -0.1) is 0 Å². The molecule has 0 spiro atoms. The van der Waals surface area contributed by atoms with E-state index >= 15 is 0 Å². The fourth-order valence-corrected chi connectivity index (χ4v) is 2.67. The summed E-state index contributed by atoms with van der Waals surface area (Å²) in [6.45, 7) is 4.37. The van der Waals surface area contributed by atoms with Crippen molar-refractivity contribution in [3.63, 3.8) is 0 Å². The highest BCUT2D eigenvalue weighted by molar-refractivity contribution is 5.37. The number of nitrogens with zero attached hydrogens (tertiary/aromatic N) is 3. The van der Waals surface area contributed by atoms with Crippen molar-refractivity contribution >= 4 is 0 Å². The van der Waals surface area contributed by atoms with Crippen LogP contribution in [0.5, 0.6) is 5.75 Å². The number of benzene rings is 1. The van der Waals surface area contributed by atoms with Gasteiger partial charge in [-0.2, -0.15) is 0 Å². The van der Waals surface area contributed by atoms with Crippen LogP contribution in [0.4, 0.5) is 0 Å². The van der Waals surface area contributed by atoms with Crippen molar-refractivity contribution in [3.8, 4) is 5.75 Å². The summed E-state index contributed by atoms with van der Waals surface area (Å²) in [6.07, 6.45) is 3.92. The van der Waals surface area contributed by atoms with E-state index < -0.39 is 0 Å². The maximum Gasteiger partial charge on any atom is 0.123 e. The maximum absolute atomic E-state index is 5.70. The lowest BCUT2D eigenvalue weighted by Gasteiger charge is -2.27. The number of fused-ring (bicyclic) bond motifs is 1. The first kappa shape index (κ1) is 13.1. The minimum atomic E-state index is 0.505. The van der Waals surface area contributed by atoms with Crippen LogP contribution in [-0.2, 0) is 26.2 Å². The van der Waals surface area contributed by atoms with Gasteiger partial charge < -0.3 is 15.0 Å². The minimum Gasteiger partial charge on any atom is -0.496 e. The van der Waals surface area contributed by atoms with Crippen LogP contribution in [0.3, 0.4) is 0 Å². The fourth-order valence-electron chi connectivity index (χ4n) is 2.67. The number of hydrogen-bond donors (Lipinski definition) is 1. The molecule has 5 heteroatoms. The van der Waals surface area contributed by atoms with Gasteiger partial charge in [0.2, 0.25) is 0 Å². The van der Waals surface area contributed by atoms with Crippen LogP contribution in [-0.4, -0.2) is 28.1 Å². The van der Waals surface area contributed by atoms with Gasteiger partial charge in [-0.1, -0.05) is 12.1 Å². The average Bonchev–Trinajstić information content (AvgIpc) is 2.94. The van der Waals surface area contributed by atoms with Gasteiger partial charge in [-0.3, -0.25) is 4.90 Å². The second-order valence-electron chi connectivity index (χ2n) is 5.10. The molecular weight excluding hydrogens is 252 g/mol. The summed E-state index contributed by atoms with van der Waals surface area (Å²) < 4.78 is 7.61. The largest absolute Gasteiger partial charge is 0.496 e. The number of methoxy groups -OCH3 is 1. The first-order chi connectivity index (χ1) is 9.80. The topological polar surface area (TPSA) is 56.3 Å². The zero-order chi connectivity index (χ0) is 13.9. The number of imidazole rings is 1. The summed E-state index contributed by atoms with van der Waals surface area (Å²) in [5.41, 5.74) is 8.00. The Morgan fingerprint density at radius 3 is 3.05 bits per heavy atom. The van der Waals surface area contributed by atoms with E-state index in [0.29, 0.717) is 6.54 Å². The summed E-state index contributed by atoms with van der Waals surface area (Å²) in [4.78, 5) is 6.79. The van der Waals surface area contributed by atoms with Gasteiger partial charge in [0.1, 0.15) is 11.6 Å². The second-order valence-corrected chi connectivity index (χ2v) is 5.10. The summed E-state index contributed by atoms with van der Waals surface area (Å²) in [5.74, 6) is 2.02. The van der Waals surface area contributed by atoms with E-state index in [9.17, 15) is 0 Å². The molecule has 1 aromatic heterocycles. The Kier molecular flexibility index (Phi) is 3.71. The molecule has 5 nitrogen and oxygen atoms in total. The van der Waals surface area contributed by atoms with Crippen molar-refractivity contribution in [3.05, 3.63) is 47.5 Å². The highest BCUT2D eigenvalue weighted by atomic mass is 16.5. The third kappa shape index (κ3) is 2.55. The van der Waals surface area contributed by atoms with Crippen LogP contribution in [0.25, 0.3) is 0 Å². The van der Waals surface area contributed by atoms with Crippen molar-refractivity contribution in [2.45, 2.75) is 26.2 Å². The Morgan fingerprint density at radius 1 is 1.35 bits per heavy atom. The van der Waals surface area contributed by atoms with Gasteiger partial charge in [0.15, 0.2) is 0 Å². The molecule has 20 heavy (non-hydrogen) atoms. The molecule has 2 N–H and O–H groups in total. The van der Waals surface area contributed by atoms with Crippen LogP contribution >= 0.6 is 0 Å². The van der Waals surface area contributed by atoms with E-state index in [1.807, 2.05) is 12.4 Å². The van der Waals surface area contributed by atoms with Gasteiger partial charge in [-0.25, -0.2) is 4.98 Å². The molecule has 2 heterocycles. The molecule has 0 saturated heterocycles. The summed E-state index contributed by atoms with van der Waals surface area (Å²) in [7, 11) is 1.69. The van der Waals surface area contributed by atoms with Crippen LogP contribution in [0, 0.1) is 0 Å². The van der Waals surface area contributed by atoms with Crippen LogP contribution in [0.2, 0.25) is 0 Å². The summed E-state index contributed by atoms with van der Waals surface area (Å²) in [5, 5.41) is 0. The lowest BCUT2D eigenvalue weighted by atomic mass is 10.1. The Balaban J connectivity index is 1.72. The van der Waals surface area contributed by atoms with Gasteiger partial charge in [0.25, 0.3) is 0 Å². The molecule has 3 rings (SSSR count). The van der Waals surface area contributed by atoms with E-state index in [-0.39, 0.29) is 0 Å². The normalized spacial score (nSPS) is 15.1. The first-order valence-electron chi connectivity index (χ1n) is 6.88. The van der Waals surface area contributed by atoms with Crippen molar-refractivity contribution in [2.75, 3.05) is 13.7 Å². The highest BCUT2D eigenvalue weighted by Gasteiger charge is 2.16. The van der Waals surface area contributed by atoms with Crippen molar-refractivity contribution in [1.82, 2.24) is 14.5 Å². The molecule has 1 aliphatic rings. The number of rotatable bonds is 4. The monoisotopic (exact) mass is 272 g/mol. The molecule has 0 unspecified atom stereocenters. The molecule has 0 atom stereocenters. The molecule has 106 valence electrons. The molecule has 1 aromatic carbocycles. The van der Waals surface area contributed by atoms with Crippen molar-refractivity contribution < 1.29 is 4.74 Å². The molecule has 1 aliphatic heterocycles. The molecule has 0 amide bonds. The zero-order valence-electron chi connectivity index (χ0n) is 11.7. The minimum absolute atomic E-state index is 0.505. The zero-order valence-corrected chi connectivity index (χ0v) is 11.7. The predicted octanol–water partition coefficient (Wildman–Crippen LogP) is 1.37. The standard InChI is InChI=1S/C15H20N4O/c1-20-14-8-12(2-3-13(14)9-16)10-18-6-7-19-5-4-17-15(19)11-18/h2-5,8H,6-7,9-11,16H2,1H3. The molecule has 0 aliphatic carbocycles. The number of ether oxygens (including phenoxy) is 1. The van der Waals surface area contributed by atoms with E-state index in [2.05, 4.69) is 32.7 Å². The van der Waals surface area contributed by atoms with Gasteiger partial charge >= 0.3 is 0 Å². The second kappa shape index (κ2) is 5.64. The molecule has 2 aromatic rings. The van der Waals surface area contributed by atoms with E-state index in [0.717, 1.165) is 43.3 Å².